The van der Waals surface area contributed by atoms with Crippen LogP contribution in [0, 0.1) is 5.82 Å². The molecule has 0 spiro atoms. The van der Waals surface area contributed by atoms with E-state index >= 15 is 0 Å². The van der Waals surface area contributed by atoms with E-state index in [9.17, 15) is 9.18 Å². The molecular weight excluding hydrogens is 389 g/mol. The van der Waals surface area contributed by atoms with Crippen LogP contribution in [-0.2, 0) is 6.54 Å². The first-order valence-electron chi connectivity index (χ1n) is 9.03. The molecule has 0 aliphatic carbocycles. The van der Waals surface area contributed by atoms with E-state index < -0.39 is 5.82 Å². The van der Waals surface area contributed by atoms with Gasteiger partial charge in [-0.15, -0.1) is 0 Å². The predicted octanol–water partition coefficient (Wildman–Crippen LogP) is 5.64. The van der Waals surface area contributed by atoms with Crippen molar-refractivity contribution in [1.82, 2.24) is 9.78 Å². The quantitative estimate of drug-likeness (QED) is 0.466. The van der Waals surface area contributed by atoms with E-state index in [4.69, 9.17) is 11.6 Å². The molecule has 0 bridgehead atoms. The van der Waals surface area contributed by atoms with Crippen molar-refractivity contribution >= 4 is 23.2 Å². The molecular formula is C23H17ClFN3O. The van der Waals surface area contributed by atoms with E-state index in [2.05, 4.69) is 10.4 Å². The third kappa shape index (κ3) is 4.36. The first-order chi connectivity index (χ1) is 14.1. The zero-order valence-corrected chi connectivity index (χ0v) is 16.1. The Morgan fingerprint density at radius 3 is 2.38 bits per heavy atom. The maximum atomic E-state index is 13.3. The molecule has 0 fully saturated rings. The third-order valence-electron chi connectivity index (χ3n) is 4.42. The number of hydrogen-bond acceptors (Lipinski definition) is 2. The number of carbonyl (C=O) groups excluding carboxylic acids is 1. The summed E-state index contributed by atoms with van der Waals surface area (Å²) in [6.07, 6.45) is 1.71. The summed E-state index contributed by atoms with van der Waals surface area (Å²) < 4.78 is 15.0. The molecule has 6 heteroatoms. The highest BCUT2D eigenvalue weighted by atomic mass is 35.5. The maximum absolute atomic E-state index is 13.3. The molecule has 144 valence electrons. The summed E-state index contributed by atoms with van der Waals surface area (Å²) in [7, 11) is 0. The molecule has 29 heavy (non-hydrogen) atoms. The minimum absolute atomic E-state index is 0.135. The van der Waals surface area contributed by atoms with Gasteiger partial charge in [-0.05, 0) is 23.8 Å². The van der Waals surface area contributed by atoms with E-state index in [0.717, 1.165) is 17.2 Å². The van der Waals surface area contributed by atoms with Crippen molar-refractivity contribution in [3.05, 3.63) is 107 Å². The Kier molecular flexibility index (Phi) is 5.40. The van der Waals surface area contributed by atoms with Crippen LogP contribution >= 0.6 is 11.6 Å². The zero-order valence-electron chi connectivity index (χ0n) is 15.3. The Hall–Kier alpha value is -3.44. The molecule has 4 rings (SSSR count). The van der Waals surface area contributed by atoms with Crippen molar-refractivity contribution in [2.75, 3.05) is 5.32 Å². The van der Waals surface area contributed by atoms with Gasteiger partial charge < -0.3 is 5.32 Å². The fourth-order valence-electron chi connectivity index (χ4n) is 3.03. The Balaban J connectivity index is 1.69. The van der Waals surface area contributed by atoms with Crippen molar-refractivity contribution in [2.24, 2.45) is 0 Å². The molecule has 1 amide bonds. The average Bonchev–Trinajstić information content (AvgIpc) is 3.15. The molecule has 3 aromatic carbocycles. The number of anilines is 1. The molecule has 4 nitrogen and oxygen atoms in total. The highest BCUT2D eigenvalue weighted by Crippen LogP contribution is 2.26. The molecule has 0 atom stereocenters. The summed E-state index contributed by atoms with van der Waals surface area (Å²) in [5, 5.41) is 7.52. The van der Waals surface area contributed by atoms with Crippen molar-refractivity contribution in [2.45, 2.75) is 6.54 Å². The molecule has 1 aromatic heterocycles. The molecule has 0 unspecified atom stereocenters. The Labute approximate surface area is 172 Å². The van der Waals surface area contributed by atoms with Gasteiger partial charge in [0, 0.05) is 11.8 Å². The smallest absolute Gasteiger partial charge is 0.259 e. The number of halogens is 2. The van der Waals surface area contributed by atoms with Crippen molar-refractivity contribution < 1.29 is 9.18 Å². The Morgan fingerprint density at radius 2 is 1.69 bits per heavy atom. The van der Waals surface area contributed by atoms with Gasteiger partial charge in [0.15, 0.2) is 0 Å². The maximum Gasteiger partial charge on any atom is 0.259 e. The molecule has 4 aromatic rings. The molecule has 0 saturated heterocycles. The number of nitrogens with zero attached hydrogens (tertiary/aromatic N) is 2. The fourth-order valence-corrected chi connectivity index (χ4v) is 3.24. The molecule has 1 heterocycles. The normalized spacial score (nSPS) is 10.7. The molecule has 0 aliphatic heterocycles. The summed E-state index contributed by atoms with van der Waals surface area (Å²) in [6.45, 7) is 0.533. The van der Waals surface area contributed by atoms with Gasteiger partial charge in [-0.1, -0.05) is 72.3 Å². The number of aromatic nitrogens is 2. The van der Waals surface area contributed by atoms with E-state index in [-0.39, 0.29) is 10.9 Å². The van der Waals surface area contributed by atoms with Gasteiger partial charge in [0.05, 0.1) is 22.8 Å². The van der Waals surface area contributed by atoms with E-state index in [0.29, 0.717) is 23.5 Å². The number of carbonyl (C=O) groups is 1. The second-order valence-corrected chi connectivity index (χ2v) is 6.93. The van der Waals surface area contributed by atoms with Crippen LogP contribution in [0.1, 0.15) is 15.9 Å². The van der Waals surface area contributed by atoms with Crippen LogP contribution in [0.4, 0.5) is 10.1 Å². The second-order valence-electron chi connectivity index (χ2n) is 6.52. The van der Waals surface area contributed by atoms with Gasteiger partial charge in [0.2, 0.25) is 0 Å². The number of benzene rings is 3. The van der Waals surface area contributed by atoms with Crippen LogP contribution in [0.3, 0.4) is 0 Å². The summed E-state index contributed by atoms with van der Waals surface area (Å²) in [5.74, 6) is -0.828. The first-order valence-corrected chi connectivity index (χ1v) is 9.41. The highest BCUT2D eigenvalue weighted by Gasteiger charge is 2.19. The van der Waals surface area contributed by atoms with Gasteiger partial charge >= 0.3 is 0 Å². The summed E-state index contributed by atoms with van der Waals surface area (Å²) >= 11 is 6.05. The van der Waals surface area contributed by atoms with E-state index in [1.807, 2.05) is 60.7 Å². The van der Waals surface area contributed by atoms with Crippen LogP contribution in [0.5, 0.6) is 0 Å². The lowest BCUT2D eigenvalue weighted by atomic mass is 10.1. The van der Waals surface area contributed by atoms with Gasteiger partial charge in [-0.25, -0.2) is 4.39 Å². The van der Waals surface area contributed by atoms with E-state index in [1.54, 1.807) is 10.9 Å². The molecule has 0 aliphatic rings. The topological polar surface area (TPSA) is 46.9 Å². The van der Waals surface area contributed by atoms with Crippen molar-refractivity contribution in [3.8, 4) is 11.3 Å². The van der Waals surface area contributed by atoms with Crippen LogP contribution in [-0.4, -0.2) is 15.7 Å². The third-order valence-corrected chi connectivity index (χ3v) is 4.73. The monoisotopic (exact) mass is 405 g/mol. The SMILES string of the molecule is O=C(Nc1ccc(F)cc1Cl)c1cn(Cc2ccccc2)nc1-c1ccccc1. The lowest BCUT2D eigenvalue weighted by Crippen LogP contribution is -2.12. The molecule has 0 saturated carbocycles. The number of amides is 1. The largest absolute Gasteiger partial charge is 0.321 e. The van der Waals surface area contributed by atoms with Crippen molar-refractivity contribution in [3.63, 3.8) is 0 Å². The van der Waals surface area contributed by atoms with Crippen LogP contribution in [0.2, 0.25) is 5.02 Å². The highest BCUT2D eigenvalue weighted by molar-refractivity contribution is 6.34. The van der Waals surface area contributed by atoms with Gasteiger partial charge in [-0.2, -0.15) is 5.10 Å². The standard InChI is InChI=1S/C23H17ClFN3O/c24-20-13-18(25)11-12-21(20)26-23(29)19-15-28(14-16-7-3-1-4-8-16)27-22(19)17-9-5-2-6-10-17/h1-13,15H,14H2,(H,26,29). The summed E-state index contributed by atoms with van der Waals surface area (Å²) in [4.78, 5) is 13.0. The number of rotatable bonds is 5. The first kappa shape index (κ1) is 18.9. The average molecular weight is 406 g/mol. The van der Waals surface area contributed by atoms with Gasteiger partial charge in [0.1, 0.15) is 11.5 Å². The molecule has 0 radical (unpaired) electrons. The lowest BCUT2D eigenvalue weighted by Gasteiger charge is -2.07. The number of nitrogens with one attached hydrogen (secondary N) is 1. The van der Waals surface area contributed by atoms with E-state index in [1.165, 1.54) is 12.1 Å². The predicted molar refractivity (Wildman–Crippen MR) is 113 cm³/mol. The minimum atomic E-state index is -0.464. The van der Waals surface area contributed by atoms with Crippen LogP contribution < -0.4 is 5.32 Å². The second kappa shape index (κ2) is 8.29. The number of hydrogen-bond donors (Lipinski definition) is 1. The van der Waals surface area contributed by atoms with Gasteiger partial charge in [-0.3, -0.25) is 9.48 Å². The van der Waals surface area contributed by atoms with Crippen molar-refractivity contribution in [1.29, 1.82) is 0 Å². The minimum Gasteiger partial charge on any atom is -0.321 e. The summed E-state index contributed by atoms with van der Waals surface area (Å²) in [5.41, 5.74) is 3.22. The molecule has 1 N–H and O–H groups in total. The lowest BCUT2D eigenvalue weighted by molar-refractivity contribution is 0.102. The van der Waals surface area contributed by atoms with Gasteiger partial charge in [0.25, 0.3) is 5.91 Å². The van der Waals surface area contributed by atoms with Crippen LogP contribution in [0.15, 0.2) is 85.1 Å². The Bertz CT molecular complexity index is 1140. The Morgan fingerprint density at radius 1 is 1.00 bits per heavy atom. The zero-order chi connectivity index (χ0) is 20.2. The summed E-state index contributed by atoms with van der Waals surface area (Å²) in [6, 6.07) is 23.2. The van der Waals surface area contributed by atoms with Crippen LogP contribution in [0.25, 0.3) is 11.3 Å². The fraction of sp³-hybridized carbons (Fsp3) is 0.0435.